The van der Waals surface area contributed by atoms with Crippen molar-refractivity contribution in [3.63, 3.8) is 0 Å². The standard InChI is InChI=1S/C12H13N2O3/c1-15-9-6-10(16-2)12(11(7-9)17-3)14-5-4-13-8-14/h4-7H,1-3H3. The van der Waals surface area contributed by atoms with Crippen molar-refractivity contribution in [2.75, 3.05) is 21.3 Å². The summed E-state index contributed by atoms with van der Waals surface area (Å²) in [7, 11) is 4.78. The summed E-state index contributed by atoms with van der Waals surface area (Å²) >= 11 is 0. The Hall–Kier alpha value is -2.17. The fourth-order valence-electron chi connectivity index (χ4n) is 1.58. The number of nitrogens with zero attached hydrogens (tertiary/aromatic N) is 2. The Morgan fingerprint density at radius 1 is 1.06 bits per heavy atom. The van der Waals surface area contributed by atoms with Crippen molar-refractivity contribution < 1.29 is 14.2 Å². The summed E-state index contributed by atoms with van der Waals surface area (Å²) in [4.78, 5) is 3.89. The predicted octanol–water partition coefficient (Wildman–Crippen LogP) is 1.70. The molecule has 89 valence electrons. The summed E-state index contributed by atoms with van der Waals surface area (Å²) in [6.45, 7) is 0. The van der Waals surface area contributed by atoms with E-state index in [2.05, 4.69) is 11.3 Å². The molecule has 0 aliphatic carbocycles. The van der Waals surface area contributed by atoms with E-state index in [1.54, 1.807) is 50.4 Å². The number of rotatable bonds is 4. The minimum absolute atomic E-state index is 0.635. The molecule has 1 aromatic carbocycles. The Balaban J connectivity index is 2.63. The smallest absolute Gasteiger partial charge is 0.181 e. The summed E-state index contributed by atoms with van der Waals surface area (Å²) in [5, 5.41) is 0. The molecule has 1 radical (unpaired) electrons. The second-order valence-electron chi connectivity index (χ2n) is 3.28. The van der Waals surface area contributed by atoms with E-state index < -0.39 is 0 Å². The van der Waals surface area contributed by atoms with E-state index in [1.807, 2.05) is 0 Å². The largest absolute Gasteiger partial charge is 0.496 e. The molecule has 17 heavy (non-hydrogen) atoms. The van der Waals surface area contributed by atoms with Crippen molar-refractivity contribution in [2.45, 2.75) is 0 Å². The lowest BCUT2D eigenvalue weighted by Crippen LogP contribution is -2.00. The van der Waals surface area contributed by atoms with E-state index in [1.165, 1.54) is 0 Å². The van der Waals surface area contributed by atoms with Crippen LogP contribution in [0.3, 0.4) is 0 Å². The lowest BCUT2D eigenvalue weighted by Gasteiger charge is -2.14. The van der Waals surface area contributed by atoms with Crippen LogP contribution in [-0.2, 0) is 0 Å². The van der Waals surface area contributed by atoms with E-state index in [9.17, 15) is 0 Å². The molecule has 0 saturated carbocycles. The maximum atomic E-state index is 5.33. The van der Waals surface area contributed by atoms with Crippen LogP contribution in [0.15, 0.2) is 24.5 Å². The lowest BCUT2D eigenvalue weighted by atomic mass is 10.2. The Morgan fingerprint density at radius 3 is 2.12 bits per heavy atom. The highest BCUT2D eigenvalue weighted by Gasteiger charge is 2.14. The molecule has 0 atom stereocenters. The van der Waals surface area contributed by atoms with E-state index >= 15 is 0 Å². The van der Waals surface area contributed by atoms with Crippen molar-refractivity contribution in [2.24, 2.45) is 0 Å². The molecule has 5 heteroatoms. The van der Waals surface area contributed by atoms with Gasteiger partial charge in [-0.3, -0.25) is 4.57 Å². The third-order valence-electron chi connectivity index (χ3n) is 2.39. The van der Waals surface area contributed by atoms with Crippen molar-refractivity contribution in [3.05, 3.63) is 30.9 Å². The zero-order chi connectivity index (χ0) is 12.3. The molecule has 0 bridgehead atoms. The zero-order valence-electron chi connectivity index (χ0n) is 9.93. The Morgan fingerprint density at radius 2 is 1.71 bits per heavy atom. The number of benzene rings is 1. The topological polar surface area (TPSA) is 45.5 Å². The normalized spacial score (nSPS) is 10.1. The number of imidazole rings is 1. The van der Waals surface area contributed by atoms with Crippen LogP contribution in [0.2, 0.25) is 0 Å². The third-order valence-corrected chi connectivity index (χ3v) is 2.39. The van der Waals surface area contributed by atoms with Gasteiger partial charge in [0, 0.05) is 24.5 Å². The third kappa shape index (κ3) is 2.04. The van der Waals surface area contributed by atoms with Crippen LogP contribution in [0, 0.1) is 6.33 Å². The summed E-state index contributed by atoms with van der Waals surface area (Å²) in [6.07, 6.45) is 6.22. The Labute approximate surface area is 99.6 Å². The van der Waals surface area contributed by atoms with Crippen LogP contribution in [-0.4, -0.2) is 30.9 Å². The first-order valence-corrected chi connectivity index (χ1v) is 5.01. The Bertz CT molecular complexity index is 469. The number of hydrogen-bond donors (Lipinski definition) is 0. The molecule has 0 saturated heterocycles. The number of hydrogen-bond acceptors (Lipinski definition) is 4. The van der Waals surface area contributed by atoms with E-state index in [-0.39, 0.29) is 0 Å². The first-order valence-electron chi connectivity index (χ1n) is 5.01. The molecule has 1 heterocycles. The van der Waals surface area contributed by atoms with E-state index in [4.69, 9.17) is 14.2 Å². The van der Waals surface area contributed by atoms with Crippen molar-refractivity contribution in [1.82, 2.24) is 9.55 Å². The van der Waals surface area contributed by atoms with Gasteiger partial charge in [0.1, 0.15) is 22.9 Å². The fraction of sp³-hybridized carbons (Fsp3) is 0.250. The minimum atomic E-state index is 0.635. The molecular weight excluding hydrogens is 220 g/mol. The predicted molar refractivity (Wildman–Crippen MR) is 62.1 cm³/mol. The van der Waals surface area contributed by atoms with Crippen LogP contribution in [0.4, 0.5) is 0 Å². The van der Waals surface area contributed by atoms with E-state index in [0.717, 1.165) is 5.69 Å². The monoisotopic (exact) mass is 233 g/mol. The summed E-state index contributed by atoms with van der Waals surface area (Å²) in [5.41, 5.74) is 0.744. The van der Waals surface area contributed by atoms with Crippen molar-refractivity contribution in [1.29, 1.82) is 0 Å². The molecule has 0 N–H and O–H groups in total. The average Bonchev–Trinajstić information content (AvgIpc) is 2.90. The quantitative estimate of drug-likeness (QED) is 0.806. The van der Waals surface area contributed by atoms with Gasteiger partial charge in [-0.05, 0) is 0 Å². The van der Waals surface area contributed by atoms with Gasteiger partial charge in [-0.25, -0.2) is 4.98 Å². The molecule has 0 unspecified atom stereocenters. The molecule has 0 aliphatic rings. The van der Waals surface area contributed by atoms with Crippen LogP contribution in [0.5, 0.6) is 17.2 Å². The summed E-state index contributed by atoms with van der Waals surface area (Å²) in [5.74, 6) is 1.94. The summed E-state index contributed by atoms with van der Waals surface area (Å²) < 4.78 is 17.5. The second-order valence-corrected chi connectivity index (χ2v) is 3.28. The molecule has 1 aromatic heterocycles. The number of ether oxygens (including phenoxy) is 3. The molecule has 0 fully saturated rings. The maximum Gasteiger partial charge on any atom is 0.181 e. The maximum absolute atomic E-state index is 5.33. The number of aromatic nitrogens is 2. The van der Waals surface area contributed by atoms with Crippen LogP contribution >= 0.6 is 0 Å². The van der Waals surface area contributed by atoms with Gasteiger partial charge in [0.2, 0.25) is 0 Å². The van der Waals surface area contributed by atoms with Gasteiger partial charge >= 0.3 is 0 Å². The van der Waals surface area contributed by atoms with Crippen LogP contribution in [0.25, 0.3) is 5.69 Å². The van der Waals surface area contributed by atoms with Crippen molar-refractivity contribution in [3.8, 4) is 22.9 Å². The van der Waals surface area contributed by atoms with Crippen molar-refractivity contribution >= 4 is 0 Å². The molecular formula is C12H13N2O3. The molecule has 5 nitrogen and oxygen atoms in total. The zero-order valence-corrected chi connectivity index (χ0v) is 9.93. The first kappa shape index (κ1) is 11.3. The van der Waals surface area contributed by atoms with Gasteiger partial charge in [0.15, 0.2) is 6.33 Å². The van der Waals surface area contributed by atoms with Crippen LogP contribution < -0.4 is 14.2 Å². The highest BCUT2D eigenvalue weighted by molar-refractivity contribution is 5.60. The molecule has 0 spiro atoms. The van der Waals surface area contributed by atoms with Crippen LogP contribution in [0.1, 0.15) is 0 Å². The lowest BCUT2D eigenvalue weighted by molar-refractivity contribution is 0.373. The highest BCUT2D eigenvalue weighted by Crippen LogP contribution is 2.36. The van der Waals surface area contributed by atoms with Gasteiger partial charge in [-0.15, -0.1) is 0 Å². The average molecular weight is 233 g/mol. The summed E-state index contributed by atoms with van der Waals surface area (Å²) in [6, 6.07) is 3.57. The molecule has 0 amide bonds. The van der Waals surface area contributed by atoms with Gasteiger partial charge in [0.25, 0.3) is 0 Å². The van der Waals surface area contributed by atoms with Gasteiger partial charge in [0.05, 0.1) is 21.3 Å². The molecule has 2 rings (SSSR count). The fourth-order valence-corrected chi connectivity index (χ4v) is 1.58. The Kier molecular flexibility index (Phi) is 3.18. The SMILES string of the molecule is COc1cc(OC)c(-n2[c]ncc2)c(OC)c1. The van der Waals surface area contributed by atoms with Gasteiger partial charge in [-0.1, -0.05) is 0 Å². The number of methoxy groups -OCH3 is 3. The van der Waals surface area contributed by atoms with Gasteiger partial charge in [-0.2, -0.15) is 0 Å². The molecule has 0 aliphatic heterocycles. The minimum Gasteiger partial charge on any atom is -0.496 e. The highest BCUT2D eigenvalue weighted by atomic mass is 16.5. The second kappa shape index (κ2) is 4.78. The van der Waals surface area contributed by atoms with Gasteiger partial charge < -0.3 is 14.2 Å². The first-order chi connectivity index (χ1) is 8.30. The molecule has 2 aromatic rings. The van der Waals surface area contributed by atoms with E-state index in [0.29, 0.717) is 17.2 Å².